The number of aryl methyl sites for hydroxylation is 1. The zero-order valence-electron chi connectivity index (χ0n) is 11.0. The van der Waals surface area contributed by atoms with Crippen molar-refractivity contribution in [2.45, 2.75) is 26.2 Å². The highest BCUT2D eigenvalue weighted by Crippen LogP contribution is 2.08. The zero-order valence-corrected chi connectivity index (χ0v) is 11.0. The smallest absolute Gasteiger partial charge is 0.224 e. The normalized spacial score (nSPS) is 19.5. The Morgan fingerprint density at radius 1 is 1.39 bits per heavy atom. The largest absolute Gasteiger partial charge is 0.355 e. The molecule has 98 valence electrons. The first-order valence-electron chi connectivity index (χ1n) is 6.77. The van der Waals surface area contributed by atoms with E-state index in [9.17, 15) is 4.79 Å². The van der Waals surface area contributed by atoms with Crippen LogP contribution in [0.2, 0.25) is 0 Å². The van der Waals surface area contributed by atoms with E-state index >= 15 is 0 Å². The van der Waals surface area contributed by atoms with Gasteiger partial charge in [0.05, 0.1) is 6.42 Å². The average molecular weight is 246 g/mol. The van der Waals surface area contributed by atoms with Gasteiger partial charge in [-0.2, -0.15) is 0 Å². The second-order valence-corrected chi connectivity index (χ2v) is 5.18. The molecule has 0 spiro atoms. The van der Waals surface area contributed by atoms with Crippen LogP contribution in [0.1, 0.15) is 24.0 Å². The van der Waals surface area contributed by atoms with Gasteiger partial charge in [-0.05, 0) is 44.3 Å². The Balaban J connectivity index is 1.73. The van der Waals surface area contributed by atoms with E-state index < -0.39 is 0 Å². The van der Waals surface area contributed by atoms with Gasteiger partial charge in [-0.25, -0.2) is 0 Å². The molecule has 1 atom stereocenters. The van der Waals surface area contributed by atoms with Crippen molar-refractivity contribution in [3.05, 3.63) is 35.4 Å². The standard InChI is InChI=1S/C15H22N2O/c1-12-4-6-13(7-5-12)9-15(18)17-11-14-3-2-8-16-10-14/h4-7,14,16H,2-3,8-11H2,1H3,(H,17,18). The molecule has 0 radical (unpaired) electrons. The molecule has 18 heavy (non-hydrogen) atoms. The summed E-state index contributed by atoms with van der Waals surface area (Å²) in [5.41, 5.74) is 2.31. The molecule has 0 aliphatic carbocycles. The molecule has 1 aromatic carbocycles. The summed E-state index contributed by atoms with van der Waals surface area (Å²) in [5.74, 6) is 0.727. The zero-order chi connectivity index (χ0) is 12.8. The SMILES string of the molecule is Cc1ccc(CC(=O)NCC2CCCNC2)cc1. The summed E-state index contributed by atoms with van der Waals surface area (Å²) in [4.78, 5) is 11.8. The first-order valence-corrected chi connectivity index (χ1v) is 6.77. The minimum absolute atomic E-state index is 0.129. The number of hydrogen-bond acceptors (Lipinski definition) is 2. The van der Waals surface area contributed by atoms with Crippen LogP contribution in [0.4, 0.5) is 0 Å². The molecule has 3 heteroatoms. The number of hydrogen-bond donors (Lipinski definition) is 2. The molecule has 1 heterocycles. The van der Waals surface area contributed by atoms with Crippen LogP contribution in [0.15, 0.2) is 24.3 Å². The fourth-order valence-electron chi connectivity index (χ4n) is 2.31. The Labute approximate surface area is 109 Å². The van der Waals surface area contributed by atoms with Crippen molar-refractivity contribution in [1.29, 1.82) is 0 Å². The van der Waals surface area contributed by atoms with E-state index in [4.69, 9.17) is 0 Å². The topological polar surface area (TPSA) is 41.1 Å². The second kappa shape index (κ2) is 6.55. The number of nitrogens with one attached hydrogen (secondary N) is 2. The average Bonchev–Trinajstić information content (AvgIpc) is 2.40. The molecule has 1 saturated heterocycles. The molecule has 1 aromatic rings. The van der Waals surface area contributed by atoms with Crippen LogP contribution in [-0.2, 0) is 11.2 Å². The molecule has 3 nitrogen and oxygen atoms in total. The predicted molar refractivity (Wildman–Crippen MR) is 73.5 cm³/mol. The van der Waals surface area contributed by atoms with E-state index in [1.54, 1.807) is 0 Å². The summed E-state index contributed by atoms with van der Waals surface area (Å²) in [6, 6.07) is 8.15. The molecular weight excluding hydrogens is 224 g/mol. The lowest BCUT2D eigenvalue weighted by Crippen LogP contribution is -2.38. The van der Waals surface area contributed by atoms with Crippen LogP contribution < -0.4 is 10.6 Å². The molecule has 2 rings (SSSR count). The van der Waals surface area contributed by atoms with Gasteiger partial charge in [0, 0.05) is 6.54 Å². The fourth-order valence-corrected chi connectivity index (χ4v) is 2.31. The highest BCUT2D eigenvalue weighted by atomic mass is 16.1. The van der Waals surface area contributed by atoms with Gasteiger partial charge in [0.2, 0.25) is 5.91 Å². The summed E-state index contributed by atoms with van der Waals surface area (Å²) < 4.78 is 0. The number of piperidine rings is 1. The lowest BCUT2D eigenvalue weighted by Gasteiger charge is -2.22. The number of carbonyl (C=O) groups excluding carboxylic acids is 1. The van der Waals surface area contributed by atoms with Crippen molar-refractivity contribution in [3.63, 3.8) is 0 Å². The van der Waals surface area contributed by atoms with Crippen molar-refractivity contribution < 1.29 is 4.79 Å². The Bertz CT molecular complexity index is 380. The predicted octanol–water partition coefficient (Wildman–Crippen LogP) is 1.65. The maximum Gasteiger partial charge on any atom is 0.224 e. The highest BCUT2D eigenvalue weighted by molar-refractivity contribution is 5.78. The first kappa shape index (κ1) is 13.1. The number of carbonyl (C=O) groups is 1. The fraction of sp³-hybridized carbons (Fsp3) is 0.533. The van der Waals surface area contributed by atoms with Crippen molar-refractivity contribution in [3.8, 4) is 0 Å². The molecule has 0 aromatic heterocycles. The quantitative estimate of drug-likeness (QED) is 0.848. The van der Waals surface area contributed by atoms with E-state index in [1.165, 1.54) is 18.4 Å². The minimum Gasteiger partial charge on any atom is -0.355 e. The van der Waals surface area contributed by atoms with Crippen molar-refractivity contribution in [1.82, 2.24) is 10.6 Å². The molecule has 1 unspecified atom stereocenters. The maximum atomic E-state index is 11.8. The molecule has 0 bridgehead atoms. The lowest BCUT2D eigenvalue weighted by molar-refractivity contribution is -0.120. The second-order valence-electron chi connectivity index (χ2n) is 5.18. The van der Waals surface area contributed by atoms with Gasteiger partial charge >= 0.3 is 0 Å². The third kappa shape index (κ3) is 4.15. The summed E-state index contributed by atoms with van der Waals surface area (Å²) in [5, 5.41) is 6.40. The van der Waals surface area contributed by atoms with Gasteiger partial charge in [-0.1, -0.05) is 29.8 Å². The summed E-state index contributed by atoms with van der Waals surface area (Å²) >= 11 is 0. The molecule has 1 aliphatic rings. The molecule has 1 amide bonds. The third-order valence-electron chi connectivity index (χ3n) is 3.47. The van der Waals surface area contributed by atoms with Crippen molar-refractivity contribution in [2.24, 2.45) is 5.92 Å². The first-order chi connectivity index (χ1) is 8.74. The molecular formula is C15H22N2O. The molecule has 1 aliphatic heterocycles. The minimum atomic E-state index is 0.129. The monoisotopic (exact) mass is 246 g/mol. The van der Waals surface area contributed by atoms with Crippen LogP contribution in [0.25, 0.3) is 0 Å². The third-order valence-corrected chi connectivity index (χ3v) is 3.47. The summed E-state index contributed by atoms with van der Waals surface area (Å²) in [6.45, 7) is 5.01. The highest BCUT2D eigenvalue weighted by Gasteiger charge is 2.13. The Hall–Kier alpha value is -1.35. The Morgan fingerprint density at radius 2 is 2.17 bits per heavy atom. The van der Waals surface area contributed by atoms with Gasteiger partial charge in [0.1, 0.15) is 0 Å². The summed E-state index contributed by atoms with van der Waals surface area (Å²) in [7, 11) is 0. The Kier molecular flexibility index (Phi) is 4.76. The Morgan fingerprint density at radius 3 is 2.83 bits per heavy atom. The number of benzene rings is 1. The van der Waals surface area contributed by atoms with Gasteiger partial charge in [0.15, 0.2) is 0 Å². The van der Waals surface area contributed by atoms with Crippen molar-refractivity contribution >= 4 is 5.91 Å². The molecule has 2 N–H and O–H groups in total. The van der Waals surface area contributed by atoms with E-state index in [1.807, 2.05) is 24.3 Å². The lowest BCUT2D eigenvalue weighted by atomic mass is 9.99. The van der Waals surface area contributed by atoms with E-state index in [0.29, 0.717) is 12.3 Å². The number of rotatable bonds is 4. The van der Waals surface area contributed by atoms with Crippen LogP contribution in [0.5, 0.6) is 0 Å². The maximum absolute atomic E-state index is 11.8. The van der Waals surface area contributed by atoms with Gasteiger partial charge in [-0.15, -0.1) is 0 Å². The van der Waals surface area contributed by atoms with Crippen LogP contribution >= 0.6 is 0 Å². The summed E-state index contributed by atoms with van der Waals surface area (Å²) in [6.07, 6.45) is 2.93. The number of amides is 1. The van der Waals surface area contributed by atoms with E-state index in [-0.39, 0.29) is 5.91 Å². The van der Waals surface area contributed by atoms with Crippen LogP contribution in [0, 0.1) is 12.8 Å². The van der Waals surface area contributed by atoms with Gasteiger partial charge < -0.3 is 10.6 Å². The van der Waals surface area contributed by atoms with Gasteiger partial charge in [0.25, 0.3) is 0 Å². The van der Waals surface area contributed by atoms with E-state index in [2.05, 4.69) is 17.6 Å². The van der Waals surface area contributed by atoms with E-state index in [0.717, 1.165) is 25.2 Å². The molecule has 1 fully saturated rings. The van der Waals surface area contributed by atoms with Crippen LogP contribution in [-0.4, -0.2) is 25.5 Å². The molecule has 0 saturated carbocycles. The van der Waals surface area contributed by atoms with Crippen LogP contribution in [0.3, 0.4) is 0 Å². The van der Waals surface area contributed by atoms with Crippen molar-refractivity contribution in [2.75, 3.05) is 19.6 Å². The van der Waals surface area contributed by atoms with Gasteiger partial charge in [-0.3, -0.25) is 4.79 Å².